The van der Waals surface area contributed by atoms with Crippen molar-refractivity contribution in [2.45, 2.75) is 44.8 Å². The van der Waals surface area contributed by atoms with Crippen LogP contribution in [0.1, 0.15) is 32.6 Å². The summed E-state index contributed by atoms with van der Waals surface area (Å²) in [6.07, 6.45) is -1.33. The van der Waals surface area contributed by atoms with E-state index in [0.717, 1.165) is 12.8 Å². The fourth-order valence-corrected chi connectivity index (χ4v) is 3.43. The smallest absolute Gasteiger partial charge is 0.401 e. The van der Waals surface area contributed by atoms with Gasteiger partial charge in [0.2, 0.25) is 0 Å². The Morgan fingerprint density at radius 2 is 2.11 bits per heavy atom. The minimum atomic E-state index is -4.13. The largest absolute Gasteiger partial charge is 0.466 e. The van der Waals surface area contributed by atoms with Gasteiger partial charge in [0.1, 0.15) is 0 Å². The monoisotopic (exact) mass is 279 g/mol. The quantitative estimate of drug-likeness (QED) is 0.741. The SMILES string of the molecule is CCOC(=O)CC1CC2CCC1CN2CC(F)(F)F. The highest BCUT2D eigenvalue weighted by molar-refractivity contribution is 5.69. The number of hydrogen-bond donors (Lipinski definition) is 0. The number of esters is 1. The van der Waals surface area contributed by atoms with Gasteiger partial charge in [-0.25, -0.2) is 0 Å². The molecular formula is C13H20F3NO2. The van der Waals surface area contributed by atoms with Crippen LogP contribution in [0.2, 0.25) is 0 Å². The second-order valence-corrected chi connectivity index (χ2v) is 5.54. The van der Waals surface area contributed by atoms with Gasteiger partial charge in [-0.15, -0.1) is 0 Å². The van der Waals surface area contributed by atoms with Gasteiger partial charge in [-0.05, 0) is 38.0 Å². The summed E-state index contributed by atoms with van der Waals surface area (Å²) in [5.74, 6) is 0.182. The minimum Gasteiger partial charge on any atom is -0.466 e. The zero-order valence-electron chi connectivity index (χ0n) is 11.1. The average molecular weight is 279 g/mol. The average Bonchev–Trinajstić information content (AvgIpc) is 2.28. The summed E-state index contributed by atoms with van der Waals surface area (Å²) >= 11 is 0. The first kappa shape index (κ1) is 14.6. The number of alkyl halides is 3. The lowest BCUT2D eigenvalue weighted by Crippen LogP contribution is -2.54. The molecule has 2 saturated heterocycles. The Morgan fingerprint density at radius 3 is 2.63 bits per heavy atom. The second kappa shape index (κ2) is 5.69. The fourth-order valence-electron chi connectivity index (χ4n) is 3.43. The molecule has 0 N–H and O–H groups in total. The second-order valence-electron chi connectivity index (χ2n) is 5.54. The summed E-state index contributed by atoms with van der Waals surface area (Å²) in [6, 6.07) is -0.0222. The van der Waals surface area contributed by atoms with Crippen LogP contribution in [0.15, 0.2) is 0 Å². The maximum absolute atomic E-state index is 12.5. The maximum atomic E-state index is 12.5. The van der Waals surface area contributed by atoms with E-state index >= 15 is 0 Å². The van der Waals surface area contributed by atoms with Crippen molar-refractivity contribution >= 4 is 5.97 Å². The van der Waals surface area contributed by atoms with Gasteiger partial charge in [0.25, 0.3) is 0 Å². The van der Waals surface area contributed by atoms with Crippen LogP contribution in [-0.4, -0.2) is 42.8 Å². The third-order valence-electron chi connectivity index (χ3n) is 4.21. The summed E-state index contributed by atoms with van der Waals surface area (Å²) in [7, 11) is 0. The number of piperidine rings is 2. The van der Waals surface area contributed by atoms with Gasteiger partial charge in [-0.1, -0.05) is 0 Å². The van der Waals surface area contributed by atoms with E-state index in [1.165, 1.54) is 4.90 Å². The van der Waals surface area contributed by atoms with Crippen LogP contribution in [0, 0.1) is 11.8 Å². The van der Waals surface area contributed by atoms with Crippen LogP contribution in [0.3, 0.4) is 0 Å². The number of nitrogens with zero attached hydrogens (tertiary/aromatic N) is 1. The third-order valence-corrected chi connectivity index (χ3v) is 4.21. The van der Waals surface area contributed by atoms with E-state index < -0.39 is 12.7 Å². The molecule has 3 atom stereocenters. The predicted octanol–water partition coefficient (Wildman–Crippen LogP) is 2.60. The summed E-state index contributed by atoms with van der Waals surface area (Å²) in [5, 5.41) is 0. The molecule has 3 rings (SSSR count). The summed E-state index contributed by atoms with van der Waals surface area (Å²) in [5.41, 5.74) is 0. The Hall–Kier alpha value is -0.780. The van der Waals surface area contributed by atoms with E-state index in [-0.39, 0.29) is 23.8 Å². The van der Waals surface area contributed by atoms with E-state index in [0.29, 0.717) is 26.0 Å². The molecule has 19 heavy (non-hydrogen) atoms. The number of ether oxygens (including phenoxy) is 1. The van der Waals surface area contributed by atoms with Crippen LogP contribution in [0.4, 0.5) is 13.2 Å². The molecule has 3 unspecified atom stereocenters. The number of hydrogen-bond acceptors (Lipinski definition) is 3. The number of carbonyl (C=O) groups is 1. The zero-order chi connectivity index (χ0) is 14.0. The van der Waals surface area contributed by atoms with Crippen molar-refractivity contribution in [3.05, 3.63) is 0 Å². The summed E-state index contributed by atoms with van der Waals surface area (Å²) in [6.45, 7) is 1.77. The first-order valence-corrected chi connectivity index (χ1v) is 6.85. The molecule has 3 nitrogen and oxygen atoms in total. The van der Waals surface area contributed by atoms with Gasteiger partial charge >= 0.3 is 12.1 Å². The lowest BCUT2D eigenvalue weighted by molar-refractivity contribution is -0.167. The number of rotatable bonds is 4. The standard InChI is InChI=1S/C13H20F3NO2/c1-2-19-12(18)6-10-5-11-4-3-9(10)7-17(11)8-13(14,15)16/h9-11H,2-8H2,1H3. The van der Waals surface area contributed by atoms with E-state index in [1.54, 1.807) is 6.92 Å². The van der Waals surface area contributed by atoms with Crippen molar-refractivity contribution < 1.29 is 22.7 Å². The molecule has 0 aromatic carbocycles. The van der Waals surface area contributed by atoms with Gasteiger partial charge in [0, 0.05) is 19.0 Å². The Labute approximate surface area is 111 Å². The highest BCUT2D eigenvalue weighted by Gasteiger charge is 2.44. The number of fused-ring (bicyclic) bond motifs is 3. The van der Waals surface area contributed by atoms with Gasteiger partial charge < -0.3 is 4.74 Å². The normalized spacial score (nSPS) is 31.5. The van der Waals surface area contributed by atoms with Crippen molar-refractivity contribution in [1.29, 1.82) is 0 Å². The van der Waals surface area contributed by atoms with Crippen LogP contribution in [0.25, 0.3) is 0 Å². The van der Waals surface area contributed by atoms with Gasteiger partial charge in [0.15, 0.2) is 0 Å². The van der Waals surface area contributed by atoms with E-state index in [4.69, 9.17) is 4.74 Å². The Balaban J connectivity index is 1.89. The van der Waals surface area contributed by atoms with Gasteiger partial charge in [-0.3, -0.25) is 9.69 Å². The van der Waals surface area contributed by atoms with Gasteiger partial charge in [0.05, 0.1) is 13.2 Å². The van der Waals surface area contributed by atoms with Crippen molar-refractivity contribution in [2.75, 3.05) is 19.7 Å². The van der Waals surface area contributed by atoms with Crippen LogP contribution >= 0.6 is 0 Å². The molecule has 1 saturated carbocycles. The number of halogens is 3. The maximum Gasteiger partial charge on any atom is 0.401 e. The molecule has 110 valence electrons. The van der Waals surface area contributed by atoms with Crippen molar-refractivity contribution in [3.63, 3.8) is 0 Å². The van der Waals surface area contributed by atoms with Crippen LogP contribution in [0.5, 0.6) is 0 Å². The van der Waals surface area contributed by atoms with Crippen molar-refractivity contribution in [3.8, 4) is 0 Å². The summed E-state index contributed by atoms with van der Waals surface area (Å²) in [4.78, 5) is 13.0. The fraction of sp³-hybridized carbons (Fsp3) is 0.923. The Morgan fingerprint density at radius 1 is 1.37 bits per heavy atom. The first-order chi connectivity index (χ1) is 8.89. The van der Waals surface area contributed by atoms with Crippen molar-refractivity contribution in [1.82, 2.24) is 4.90 Å². The third kappa shape index (κ3) is 3.84. The lowest BCUT2D eigenvalue weighted by atomic mass is 9.70. The molecule has 2 bridgehead atoms. The molecule has 1 aliphatic carbocycles. The number of carbonyl (C=O) groups excluding carboxylic acids is 1. The molecule has 3 fully saturated rings. The molecule has 6 heteroatoms. The Bertz CT molecular complexity index is 332. The zero-order valence-corrected chi connectivity index (χ0v) is 11.1. The molecule has 2 heterocycles. The lowest BCUT2D eigenvalue weighted by Gasteiger charge is -2.49. The van der Waals surface area contributed by atoms with Gasteiger partial charge in [-0.2, -0.15) is 13.2 Å². The molecule has 0 aromatic rings. The highest BCUT2D eigenvalue weighted by Crippen LogP contribution is 2.41. The molecule has 0 amide bonds. The highest BCUT2D eigenvalue weighted by atomic mass is 19.4. The minimum absolute atomic E-state index is 0.0222. The molecule has 0 aromatic heterocycles. The van der Waals surface area contributed by atoms with E-state index in [9.17, 15) is 18.0 Å². The topological polar surface area (TPSA) is 29.5 Å². The van der Waals surface area contributed by atoms with E-state index in [1.807, 2.05) is 0 Å². The van der Waals surface area contributed by atoms with Crippen molar-refractivity contribution in [2.24, 2.45) is 11.8 Å². The Kier molecular flexibility index (Phi) is 4.38. The molecule has 2 aliphatic heterocycles. The first-order valence-electron chi connectivity index (χ1n) is 6.85. The molecule has 3 aliphatic rings. The van der Waals surface area contributed by atoms with Crippen LogP contribution < -0.4 is 0 Å². The van der Waals surface area contributed by atoms with E-state index in [2.05, 4.69) is 0 Å². The molecule has 0 radical (unpaired) electrons. The summed E-state index contributed by atoms with van der Waals surface area (Å²) < 4.78 is 42.3. The molecule has 0 spiro atoms. The predicted molar refractivity (Wildman–Crippen MR) is 63.5 cm³/mol. The molecular weight excluding hydrogens is 259 g/mol. The van der Waals surface area contributed by atoms with Crippen LogP contribution in [-0.2, 0) is 9.53 Å².